The van der Waals surface area contributed by atoms with Crippen LogP contribution in [0.2, 0.25) is 0 Å². The number of carboxylic acid groups (broad SMARTS) is 1. The van der Waals surface area contributed by atoms with E-state index in [1.54, 1.807) is 12.1 Å². The third-order valence-corrected chi connectivity index (χ3v) is 3.34. The second kappa shape index (κ2) is 6.22. The number of amides is 1. The van der Waals surface area contributed by atoms with Crippen molar-refractivity contribution in [3.63, 3.8) is 0 Å². The quantitative estimate of drug-likeness (QED) is 0.615. The predicted octanol–water partition coefficient (Wildman–Crippen LogP) is 0.420. The highest BCUT2D eigenvalue weighted by atomic mass is 16.4. The highest BCUT2D eigenvalue weighted by Crippen LogP contribution is 2.29. The average Bonchev–Trinajstić information content (AvgIpc) is 2.45. The molecule has 1 amide bonds. The first kappa shape index (κ1) is 14.1. The molecule has 0 saturated carbocycles. The van der Waals surface area contributed by atoms with Gasteiger partial charge < -0.3 is 10.0 Å². The van der Waals surface area contributed by atoms with Crippen molar-refractivity contribution in [1.82, 2.24) is 10.2 Å². The minimum Gasteiger partial charge on any atom is -0.479 e. The number of fused-ring (bicyclic) bond motifs is 1. The minimum atomic E-state index is -1.01. The van der Waals surface area contributed by atoms with Crippen LogP contribution in [0.15, 0.2) is 24.3 Å². The highest BCUT2D eigenvalue weighted by molar-refractivity contribution is 5.86. The fourth-order valence-corrected chi connectivity index (χ4v) is 2.44. The van der Waals surface area contributed by atoms with Crippen LogP contribution >= 0.6 is 0 Å². The van der Waals surface area contributed by atoms with Gasteiger partial charge in [-0.25, -0.2) is 4.79 Å². The summed E-state index contributed by atoms with van der Waals surface area (Å²) in [7, 11) is 0. The average molecular weight is 272 g/mol. The molecule has 1 atom stereocenters. The smallest absolute Gasteiger partial charge is 0.331 e. The molecule has 0 aliphatic carbocycles. The van der Waals surface area contributed by atoms with Crippen molar-refractivity contribution in [2.45, 2.75) is 12.5 Å². The topological polar surface area (TPSA) is 69.6 Å². The molecule has 1 aromatic carbocycles. The number of hydrogen-bond donors (Lipinski definition) is 2. The molecule has 1 aliphatic rings. The van der Waals surface area contributed by atoms with Crippen molar-refractivity contribution in [2.24, 2.45) is 0 Å². The van der Waals surface area contributed by atoms with E-state index in [0.29, 0.717) is 18.5 Å². The van der Waals surface area contributed by atoms with Gasteiger partial charge in [-0.15, -0.1) is 6.42 Å². The number of aliphatic carboxylic acids is 1. The molecular formula is C15H16N2O3. The van der Waals surface area contributed by atoms with Gasteiger partial charge >= 0.3 is 5.97 Å². The van der Waals surface area contributed by atoms with Gasteiger partial charge in [-0.2, -0.15) is 0 Å². The molecule has 5 heteroatoms. The van der Waals surface area contributed by atoms with Gasteiger partial charge in [0.2, 0.25) is 5.91 Å². The normalized spacial score (nSPS) is 17.1. The van der Waals surface area contributed by atoms with E-state index in [1.807, 2.05) is 12.1 Å². The van der Waals surface area contributed by atoms with Gasteiger partial charge in [0.1, 0.15) is 0 Å². The van der Waals surface area contributed by atoms with Crippen LogP contribution in [-0.4, -0.2) is 41.5 Å². The first-order valence-corrected chi connectivity index (χ1v) is 6.39. The first-order valence-electron chi connectivity index (χ1n) is 6.39. The molecule has 0 saturated heterocycles. The molecule has 2 N–H and O–H groups in total. The van der Waals surface area contributed by atoms with Crippen LogP contribution in [0.3, 0.4) is 0 Å². The summed E-state index contributed by atoms with van der Waals surface area (Å²) in [4.78, 5) is 25.0. The third-order valence-electron chi connectivity index (χ3n) is 3.34. The first-order chi connectivity index (χ1) is 9.65. The SMILES string of the molecule is C#CCNCC(=O)N1CCc2ccccc2C1C(=O)O. The van der Waals surface area contributed by atoms with Gasteiger partial charge in [0.05, 0.1) is 13.1 Å². The zero-order valence-corrected chi connectivity index (χ0v) is 11.0. The summed E-state index contributed by atoms with van der Waals surface area (Å²) in [5.74, 6) is 1.12. The summed E-state index contributed by atoms with van der Waals surface area (Å²) >= 11 is 0. The largest absolute Gasteiger partial charge is 0.479 e. The molecule has 1 unspecified atom stereocenters. The summed E-state index contributed by atoms with van der Waals surface area (Å²) in [6.45, 7) is 0.745. The van der Waals surface area contributed by atoms with Crippen molar-refractivity contribution >= 4 is 11.9 Å². The fourth-order valence-electron chi connectivity index (χ4n) is 2.44. The van der Waals surface area contributed by atoms with Crippen molar-refractivity contribution in [3.8, 4) is 12.3 Å². The summed E-state index contributed by atoms with van der Waals surface area (Å²) in [6, 6.07) is 6.43. The van der Waals surface area contributed by atoms with E-state index in [4.69, 9.17) is 6.42 Å². The Kier molecular flexibility index (Phi) is 4.38. The predicted molar refractivity (Wildman–Crippen MR) is 73.9 cm³/mol. The molecule has 1 aliphatic heterocycles. The van der Waals surface area contributed by atoms with Crippen molar-refractivity contribution in [1.29, 1.82) is 0 Å². The Bertz CT molecular complexity index is 562. The third kappa shape index (κ3) is 2.81. The number of hydrogen-bond acceptors (Lipinski definition) is 3. The Morgan fingerprint density at radius 1 is 1.45 bits per heavy atom. The van der Waals surface area contributed by atoms with Gasteiger partial charge in [0.15, 0.2) is 6.04 Å². The number of nitrogens with one attached hydrogen (secondary N) is 1. The molecule has 20 heavy (non-hydrogen) atoms. The molecular weight excluding hydrogens is 256 g/mol. The van der Waals surface area contributed by atoms with E-state index in [-0.39, 0.29) is 19.0 Å². The number of nitrogens with zero attached hydrogens (tertiary/aromatic N) is 1. The summed E-state index contributed by atoms with van der Waals surface area (Å²) in [5.41, 5.74) is 1.68. The minimum absolute atomic E-state index is 0.0517. The lowest BCUT2D eigenvalue weighted by molar-refractivity contribution is -0.150. The second-order valence-corrected chi connectivity index (χ2v) is 4.58. The van der Waals surface area contributed by atoms with Crippen LogP contribution in [-0.2, 0) is 16.0 Å². The van der Waals surface area contributed by atoms with E-state index in [0.717, 1.165) is 5.56 Å². The van der Waals surface area contributed by atoms with Gasteiger partial charge in [0, 0.05) is 6.54 Å². The number of carbonyl (C=O) groups is 2. The second-order valence-electron chi connectivity index (χ2n) is 4.58. The zero-order chi connectivity index (χ0) is 14.5. The fraction of sp³-hybridized carbons (Fsp3) is 0.333. The Labute approximate surface area is 117 Å². The Balaban J connectivity index is 2.21. The van der Waals surface area contributed by atoms with Crippen LogP contribution in [0.5, 0.6) is 0 Å². The van der Waals surface area contributed by atoms with Crippen LogP contribution in [0, 0.1) is 12.3 Å². The van der Waals surface area contributed by atoms with E-state index in [9.17, 15) is 14.7 Å². The summed E-state index contributed by atoms with van der Waals surface area (Å²) < 4.78 is 0. The molecule has 1 heterocycles. The van der Waals surface area contributed by atoms with Crippen LogP contribution in [0.1, 0.15) is 17.2 Å². The Morgan fingerprint density at radius 2 is 2.20 bits per heavy atom. The molecule has 1 aromatic rings. The Hall–Kier alpha value is -2.32. The summed E-state index contributed by atoms with van der Waals surface area (Å²) in [6.07, 6.45) is 5.77. The van der Waals surface area contributed by atoms with Gasteiger partial charge in [-0.1, -0.05) is 30.2 Å². The molecule has 0 fully saturated rings. The number of terminal acetylenes is 1. The zero-order valence-electron chi connectivity index (χ0n) is 11.0. The van der Waals surface area contributed by atoms with Crippen molar-refractivity contribution in [3.05, 3.63) is 35.4 Å². The highest BCUT2D eigenvalue weighted by Gasteiger charge is 2.35. The summed E-state index contributed by atoms with van der Waals surface area (Å²) in [5, 5.41) is 12.2. The number of benzene rings is 1. The number of rotatable bonds is 4. The van der Waals surface area contributed by atoms with Gasteiger partial charge in [-0.3, -0.25) is 10.1 Å². The molecule has 5 nitrogen and oxygen atoms in total. The molecule has 0 radical (unpaired) electrons. The van der Waals surface area contributed by atoms with Crippen LogP contribution in [0.25, 0.3) is 0 Å². The molecule has 0 spiro atoms. The van der Waals surface area contributed by atoms with Crippen LogP contribution < -0.4 is 5.32 Å². The van der Waals surface area contributed by atoms with Crippen molar-refractivity contribution in [2.75, 3.05) is 19.6 Å². The lowest BCUT2D eigenvalue weighted by Gasteiger charge is -2.34. The van der Waals surface area contributed by atoms with E-state index in [1.165, 1.54) is 4.90 Å². The van der Waals surface area contributed by atoms with E-state index < -0.39 is 12.0 Å². The van der Waals surface area contributed by atoms with Crippen LogP contribution in [0.4, 0.5) is 0 Å². The molecule has 0 bridgehead atoms. The Morgan fingerprint density at radius 3 is 2.90 bits per heavy atom. The molecule has 104 valence electrons. The number of carboxylic acids is 1. The molecule has 2 rings (SSSR count). The van der Waals surface area contributed by atoms with Crippen molar-refractivity contribution < 1.29 is 14.7 Å². The van der Waals surface area contributed by atoms with E-state index >= 15 is 0 Å². The maximum absolute atomic E-state index is 12.1. The molecule has 0 aromatic heterocycles. The van der Waals surface area contributed by atoms with Gasteiger partial charge in [-0.05, 0) is 17.5 Å². The lowest BCUT2D eigenvalue weighted by atomic mass is 9.92. The van der Waals surface area contributed by atoms with E-state index in [2.05, 4.69) is 11.2 Å². The maximum atomic E-state index is 12.1. The maximum Gasteiger partial charge on any atom is 0.331 e. The number of carbonyl (C=O) groups excluding carboxylic acids is 1. The monoisotopic (exact) mass is 272 g/mol. The lowest BCUT2D eigenvalue weighted by Crippen LogP contribution is -2.46. The standard InChI is InChI=1S/C15H16N2O3/c1-2-8-16-10-13(18)17-9-7-11-5-3-4-6-12(11)14(17)15(19)20/h1,3-6,14,16H,7-10H2,(H,19,20). The van der Waals surface area contributed by atoms with Gasteiger partial charge in [0.25, 0.3) is 0 Å².